The van der Waals surface area contributed by atoms with Gasteiger partial charge in [0.25, 0.3) is 0 Å². The first-order valence-electron chi connectivity index (χ1n) is 6.64. The third-order valence-corrected chi connectivity index (χ3v) is 3.57. The highest BCUT2D eigenvalue weighted by atomic mass is 35.5. The van der Waals surface area contributed by atoms with Crippen LogP contribution < -0.4 is 4.74 Å². The molecule has 0 heterocycles. The molecule has 0 N–H and O–H groups in total. The van der Waals surface area contributed by atoms with E-state index in [1.807, 2.05) is 36.4 Å². The summed E-state index contributed by atoms with van der Waals surface area (Å²) in [6.07, 6.45) is 1.54. The van der Waals surface area contributed by atoms with Crippen molar-refractivity contribution < 1.29 is 14.3 Å². The number of esters is 1. The number of aryl methyl sites for hydroxylation is 2. The highest BCUT2D eigenvalue weighted by Crippen LogP contribution is 2.24. The minimum Gasteiger partial charge on any atom is -0.496 e. The van der Waals surface area contributed by atoms with Gasteiger partial charge in [0.05, 0.1) is 14.2 Å². The molecule has 2 aromatic rings. The van der Waals surface area contributed by atoms with Gasteiger partial charge in [0, 0.05) is 5.02 Å². The molecule has 0 saturated heterocycles. The summed E-state index contributed by atoms with van der Waals surface area (Å²) in [5.74, 6) is 0.161. The van der Waals surface area contributed by atoms with E-state index in [1.165, 1.54) is 7.11 Å². The lowest BCUT2D eigenvalue weighted by molar-refractivity contribution is 0.0596. The zero-order valence-corrected chi connectivity index (χ0v) is 12.8. The van der Waals surface area contributed by atoms with Crippen molar-refractivity contribution in [3.05, 3.63) is 64.2 Å². The molecule has 0 bridgehead atoms. The van der Waals surface area contributed by atoms with Crippen molar-refractivity contribution in [2.24, 2.45) is 0 Å². The molecule has 0 fully saturated rings. The molecule has 0 unspecified atom stereocenters. The molecule has 2 rings (SSSR count). The lowest BCUT2D eigenvalue weighted by Crippen LogP contribution is -2.09. The van der Waals surface area contributed by atoms with Gasteiger partial charge in [0.15, 0.2) is 0 Å². The zero-order chi connectivity index (χ0) is 15.2. The fourth-order valence-corrected chi connectivity index (χ4v) is 2.34. The van der Waals surface area contributed by atoms with Crippen molar-refractivity contribution in [1.82, 2.24) is 0 Å². The lowest BCUT2D eigenvalue weighted by atomic mass is 9.99. The van der Waals surface area contributed by atoms with Crippen molar-refractivity contribution in [2.45, 2.75) is 12.8 Å². The fraction of sp³-hybridized carbons (Fsp3) is 0.235. The van der Waals surface area contributed by atoms with Gasteiger partial charge in [-0.05, 0) is 42.2 Å². The lowest BCUT2D eigenvalue weighted by Gasteiger charge is -2.12. The standard InChI is InChI=1S/C17H17ClO3/c1-20-15-5-3-4-13(16(15)17(19)21-2)9-6-12-7-10-14(18)11-8-12/h3-5,7-8,10-11H,6,9H2,1-2H3. The smallest absolute Gasteiger partial charge is 0.341 e. The van der Waals surface area contributed by atoms with Crippen LogP contribution in [0.3, 0.4) is 0 Å². The number of hydrogen-bond acceptors (Lipinski definition) is 3. The Morgan fingerprint density at radius 2 is 1.76 bits per heavy atom. The van der Waals surface area contributed by atoms with Crippen LogP contribution in [0, 0.1) is 0 Å². The second-order valence-corrected chi connectivity index (χ2v) is 5.05. The van der Waals surface area contributed by atoms with Crippen LogP contribution in [0.4, 0.5) is 0 Å². The first-order valence-corrected chi connectivity index (χ1v) is 7.02. The number of halogens is 1. The summed E-state index contributed by atoms with van der Waals surface area (Å²) in [5.41, 5.74) is 2.57. The van der Waals surface area contributed by atoms with Crippen LogP contribution in [0.15, 0.2) is 42.5 Å². The van der Waals surface area contributed by atoms with Gasteiger partial charge in [-0.1, -0.05) is 35.9 Å². The molecule has 0 aliphatic rings. The highest BCUT2D eigenvalue weighted by molar-refractivity contribution is 6.30. The number of methoxy groups -OCH3 is 2. The SMILES string of the molecule is COC(=O)c1c(CCc2ccc(Cl)cc2)cccc1OC. The Labute approximate surface area is 129 Å². The van der Waals surface area contributed by atoms with Crippen LogP contribution in [0.5, 0.6) is 5.75 Å². The van der Waals surface area contributed by atoms with Gasteiger partial charge >= 0.3 is 5.97 Å². The molecule has 0 radical (unpaired) electrons. The largest absolute Gasteiger partial charge is 0.496 e. The van der Waals surface area contributed by atoms with Gasteiger partial charge in [-0.3, -0.25) is 0 Å². The van der Waals surface area contributed by atoms with Gasteiger partial charge in [-0.25, -0.2) is 4.79 Å². The third-order valence-electron chi connectivity index (χ3n) is 3.32. The van der Waals surface area contributed by atoms with Gasteiger partial charge in [-0.15, -0.1) is 0 Å². The maximum atomic E-state index is 12.0. The number of hydrogen-bond donors (Lipinski definition) is 0. The molecule has 0 aliphatic carbocycles. The molecule has 0 saturated carbocycles. The molecule has 4 heteroatoms. The number of carbonyl (C=O) groups excluding carboxylic acids is 1. The zero-order valence-electron chi connectivity index (χ0n) is 12.1. The van der Waals surface area contributed by atoms with Crippen molar-refractivity contribution in [2.75, 3.05) is 14.2 Å². The topological polar surface area (TPSA) is 35.5 Å². The van der Waals surface area contributed by atoms with E-state index in [-0.39, 0.29) is 5.97 Å². The Hall–Kier alpha value is -2.00. The van der Waals surface area contributed by atoms with Crippen LogP contribution >= 0.6 is 11.6 Å². The molecule has 21 heavy (non-hydrogen) atoms. The summed E-state index contributed by atoms with van der Waals surface area (Å²) in [6, 6.07) is 13.3. The predicted molar refractivity (Wildman–Crippen MR) is 83.2 cm³/mol. The van der Waals surface area contributed by atoms with Gasteiger partial charge in [0.2, 0.25) is 0 Å². The second-order valence-electron chi connectivity index (χ2n) is 4.61. The maximum absolute atomic E-state index is 12.0. The van der Waals surface area contributed by atoms with E-state index >= 15 is 0 Å². The second kappa shape index (κ2) is 7.14. The maximum Gasteiger partial charge on any atom is 0.341 e. The molecule has 2 aromatic carbocycles. The summed E-state index contributed by atoms with van der Waals surface area (Å²) in [5, 5.41) is 0.718. The molecule has 3 nitrogen and oxygen atoms in total. The Morgan fingerprint density at radius 3 is 2.38 bits per heavy atom. The Kier molecular flexibility index (Phi) is 5.23. The number of benzene rings is 2. The summed E-state index contributed by atoms with van der Waals surface area (Å²) < 4.78 is 10.1. The van der Waals surface area contributed by atoms with E-state index in [1.54, 1.807) is 13.2 Å². The minimum atomic E-state index is -0.376. The predicted octanol–water partition coefficient (Wildman–Crippen LogP) is 3.92. The average Bonchev–Trinajstić information content (AvgIpc) is 2.53. The van der Waals surface area contributed by atoms with E-state index in [0.717, 1.165) is 29.0 Å². The average molecular weight is 305 g/mol. The first kappa shape index (κ1) is 15.4. The quantitative estimate of drug-likeness (QED) is 0.785. The molecule has 0 amide bonds. The number of carbonyl (C=O) groups is 1. The van der Waals surface area contributed by atoms with Crippen molar-refractivity contribution in [3.63, 3.8) is 0 Å². The Bertz CT molecular complexity index is 620. The molecule has 0 aliphatic heterocycles. The Balaban J connectivity index is 2.23. The summed E-state index contributed by atoms with van der Waals surface area (Å²) >= 11 is 5.88. The van der Waals surface area contributed by atoms with E-state index in [4.69, 9.17) is 21.1 Å². The number of rotatable bonds is 5. The summed E-state index contributed by atoms with van der Waals surface area (Å²) in [6.45, 7) is 0. The Morgan fingerprint density at radius 1 is 1.05 bits per heavy atom. The molecule has 0 aromatic heterocycles. The van der Waals surface area contributed by atoms with Crippen LogP contribution in [0.25, 0.3) is 0 Å². The van der Waals surface area contributed by atoms with Crippen molar-refractivity contribution >= 4 is 17.6 Å². The molecule has 0 spiro atoms. The number of ether oxygens (including phenoxy) is 2. The van der Waals surface area contributed by atoms with Gasteiger partial charge in [0.1, 0.15) is 11.3 Å². The first-order chi connectivity index (χ1) is 10.2. The van der Waals surface area contributed by atoms with Crippen molar-refractivity contribution in [1.29, 1.82) is 0 Å². The monoisotopic (exact) mass is 304 g/mol. The van der Waals surface area contributed by atoms with Crippen LogP contribution in [0.2, 0.25) is 5.02 Å². The fourth-order valence-electron chi connectivity index (χ4n) is 2.22. The highest BCUT2D eigenvalue weighted by Gasteiger charge is 2.17. The van der Waals surface area contributed by atoms with Crippen LogP contribution in [-0.2, 0) is 17.6 Å². The molecular formula is C17H17ClO3. The molecule has 110 valence electrons. The third kappa shape index (κ3) is 3.76. The summed E-state index contributed by atoms with van der Waals surface area (Å²) in [7, 11) is 2.92. The van der Waals surface area contributed by atoms with E-state index in [2.05, 4.69) is 0 Å². The minimum absolute atomic E-state index is 0.376. The van der Waals surface area contributed by atoms with Gasteiger partial charge in [-0.2, -0.15) is 0 Å². The molecule has 0 atom stereocenters. The van der Waals surface area contributed by atoms with E-state index in [0.29, 0.717) is 11.3 Å². The van der Waals surface area contributed by atoms with E-state index < -0.39 is 0 Å². The van der Waals surface area contributed by atoms with Crippen LogP contribution in [0.1, 0.15) is 21.5 Å². The normalized spacial score (nSPS) is 10.2. The van der Waals surface area contributed by atoms with Crippen molar-refractivity contribution in [3.8, 4) is 5.75 Å². The van der Waals surface area contributed by atoms with E-state index in [9.17, 15) is 4.79 Å². The van der Waals surface area contributed by atoms with Crippen LogP contribution in [-0.4, -0.2) is 20.2 Å². The van der Waals surface area contributed by atoms with Gasteiger partial charge < -0.3 is 9.47 Å². The summed E-state index contributed by atoms with van der Waals surface area (Å²) in [4.78, 5) is 12.0. The molecular weight excluding hydrogens is 288 g/mol.